The average Bonchev–Trinajstić information content (AvgIpc) is 3.28. The van der Waals surface area contributed by atoms with Crippen molar-refractivity contribution in [3.8, 4) is 11.5 Å². The molecule has 1 saturated heterocycles. The Labute approximate surface area is 238 Å². The number of aliphatic hydroxyl groups excluding tert-OH is 2. The zero-order valence-electron chi connectivity index (χ0n) is 23.8. The number of fused-ring (bicyclic) bond motifs is 4. The SMILES string of the molecule is CC(=O)c1c(C)cc2cc(C(=O)O)cc(O[C@H]3O[C@@H]4[C@]5(O)CCC[C@@H]5[C@H](CCC(C)C)C[C@@]4(O)[C@H](O)[C@H]3O)c2c1O. The Hall–Kier alpha value is -2.76. The summed E-state index contributed by atoms with van der Waals surface area (Å²) in [5.74, 6) is -2.11. The Morgan fingerprint density at radius 1 is 1.15 bits per heavy atom. The van der Waals surface area contributed by atoms with Gasteiger partial charge in [-0.3, -0.25) is 4.79 Å². The number of hydrogen-bond acceptors (Lipinski definition) is 9. The maximum atomic E-state index is 12.3. The fourth-order valence-corrected chi connectivity index (χ4v) is 7.64. The van der Waals surface area contributed by atoms with Gasteiger partial charge < -0.3 is 40.1 Å². The van der Waals surface area contributed by atoms with Crippen LogP contribution >= 0.6 is 0 Å². The van der Waals surface area contributed by atoms with E-state index in [-0.39, 0.29) is 45.9 Å². The predicted molar refractivity (Wildman–Crippen MR) is 148 cm³/mol. The number of phenols is 1. The van der Waals surface area contributed by atoms with Crippen LogP contribution in [0.3, 0.4) is 0 Å². The fourth-order valence-electron chi connectivity index (χ4n) is 7.64. The van der Waals surface area contributed by atoms with Crippen molar-refractivity contribution >= 4 is 22.5 Å². The number of phenolic OH excluding ortho intramolecular Hbond substituents is 1. The van der Waals surface area contributed by atoms with Crippen LogP contribution in [0.25, 0.3) is 10.8 Å². The van der Waals surface area contributed by atoms with Gasteiger partial charge >= 0.3 is 5.97 Å². The second-order valence-corrected chi connectivity index (χ2v) is 12.7. The van der Waals surface area contributed by atoms with E-state index in [4.69, 9.17) is 9.47 Å². The van der Waals surface area contributed by atoms with Gasteiger partial charge in [-0.15, -0.1) is 0 Å². The summed E-state index contributed by atoms with van der Waals surface area (Å²) in [6.07, 6.45) is -2.82. The summed E-state index contributed by atoms with van der Waals surface area (Å²) in [4.78, 5) is 24.2. The van der Waals surface area contributed by atoms with Crippen LogP contribution in [-0.2, 0) is 4.74 Å². The van der Waals surface area contributed by atoms with Crippen LogP contribution in [0, 0.1) is 24.7 Å². The van der Waals surface area contributed by atoms with Crippen molar-refractivity contribution in [1.82, 2.24) is 0 Å². The second kappa shape index (κ2) is 10.5. The highest BCUT2D eigenvalue weighted by Gasteiger charge is 2.69. The van der Waals surface area contributed by atoms with Gasteiger partial charge in [0.1, 0.15) is 35.4 Å². The minimum atomic E-state index is -1.94. The van der Waals surface area contributed by atoms with E-state index in [0.717, 1.165) is 25.3 Å². The number of carboxylic acid groups (broad SMARTS) is 1. The standard InChI is InChI=1S/C31H40O10/c1-14(2)7-8-17-13-31(39)26(35)25(34)28(41-29(31)30(38)9-5-6-20(17)30)40-21-12-19(27(36)37)11-18-10-15(3)22(16(4)32)24(33)23(18)21/h10-12,14,17,20,25-26,28-29,33-35,38-39H,5-9,13H2,1-4H3,(H,36,37)/t17-,20-,25-,26-,28+,29-,30+,31-/m1/s1. The summed E-state index contributed by atoms with van der Waals surface area (Å²) in [6.45, 7) is 7.12. The van der Waals surface area contributed by atoms with Gasteiger partial charge in [-0.2, -0.15) is 0 Å². The number of rotatable bonds is 7. The predicted octanol–water partition coefficient (Wildman–Crippen LogP) is 3.30. The number of carbonyl (C=O) groups is 2. The van der Waals surface area contributed by atoms with E-state index in [0.29, 0.717) is 24.3 Å². The zero-order valence-corrected chi connectivity index (χ0v) is 23.8. The van der Waals surface area contributed by atoms with E-state index in [1.807, 2.05) is 0 Å². The summed E-state index contributed by atoms with van der Waals surface area (Å²) in [7, 11) is 0. The van der Waals surface area contributed by atoms with Crippen molar-refractivity contribution in [3.63, 3.8) is 0 Å². The van der Waals surface area contributed by atoms with Gasteiger partial charge in [-0.05, 0) is 80.4 Å². The van der Waals surface area contributed by atoms with Gasteiger partial charge in [0.2, 0.25) is 6.29 Å². The second-order valence-electron chi connectivity index (χ2n) is 12.7. The van der Waals surface area contributed by atoms with Gasteiger partial charge in [-0.1, -0.05) is 32.8 Å². The van der Waals surface area contributed by atoms with Crippen molar-refractivity contribution in [2.24, 2.45) is 17.8 Å². The Bertz CT molecular complexity index is 1370. The van der Waals surface area contributed by atoms with Crippen molar-refractivity contribution in [2.75, 3.05) is 0 Å². The first-order chi connectivity index (χ1) is 19.2. The molecule has 0 bridgehead atoms. The molecule has 0 spiro atoms. The minimum Gasteiger partial charge on any atom is -0.506 e. The maximum absolute atomic E-state index is 12.3. The molecule has 8 atom stereocenters. The Morgan fingerprint density at radius 2 is 1.85 bits per heavy atom. The molecule has 2 aromatic rings. The van der Waals surface area contributed by atoms with E-state index in [1.54, 1.807) is 13.0 Å². The minimum absolute atomic E-state index is 0.0340. The molecule has 5 rings (SSSR count). The summed E-state index contributed by atoms with van der Waals surface area (Å²) in [5.41, 5.74) is -3.11. The van der Waals surface area contributed by atoms with Gasteiger partial charge in [-0.25, -0.2) is 4.79 Å². The molecule has 3 aliphatic rings. The number of carboxylic acids is 1. The summed E-state index contributed by atoms with van der Waals surface area (Å²) >= 11 is 0. The van der Waals surface area contributed by atoms with Gasteiger partial charge in [0.25, 0.3) is 0 Å². The summed E-state index contributed by atoms with van der Waals surface area (Å²) < 4.78 is 12.1. The normalized spacial score (nSPS) is 34.9. The molecule has 2 aliphatic carbocycles. The molecule has 0 aromatic heterocycles. The molecule has 2 aromatic carbocycles. The number of ketones is 1. The zero-order chi connectivity index (χ0) is 30.0. The lowest BCUT2D eigenvalue weighted by atomic mass is 9.58. The number of benzene rings is 2. The van der Waals surface area contributed by atoms with E-state index in [2.05, 4.69) is 13.8 Å². The Balaban J connectivity index is 1.56. The molecule has 0 radical (unpaired) electrons. The number of Topliss-reactive ketones (excluding diaryl/α,β-unsaturated/α-hetero) is 1. The largest absolute Gasteiger partial charge is 0.506 e. The van der Waals surface area contributed by atoms with Crippen molar-refractivity contribution < 1.29 is 49.7 Å². The third kappa shape index (κ3) is 4.79. The topological polar surface area (TPSA) is 174 Å². The number of ether oxygens (including phenoxy) is 2. The molecular formula is C31H40O10. The van der Waals surface area contributed by atoms with Crippen LogP contribution in [0.4, 0.5) is 0 Å². The van der Waals surface area contributed by atoms with E-state index >= 15 is 0 Å². The number of carbonyl (C=O) groups excluding carboxylic acids is 1. The smallest absolute Gasteiger partial charge is 0.335 e. The number of hydrogen-bond donors (Lipinski definition) is 6. The maximum Gasteiger partial charge on any atom is 0.335 e. The highest BCUT2D eigenvalue weighted by molar-refractivity contribution is 6.08. The Kier molecular flexibility index (Phi) is 7.61. The Morgan fingerprint density at radius 3 is 2.49 bits per heavy atom. The highest BCUT2D eigenvalue weighted by Crippen LogP contribution is 2.57. The number of aromatic carboxylic acids is 1. The molecule has 224 valence electrons. The van der Waals surface area contributed by atoms with Gasteiger partial charge in [0.05, 0.1) is 22.1 Å². The number of aryl methyl sites for hydroxylation is 1. The van der Waals surface area contributed by atoms with Crippen molar-refractivity contribution in [3.05, 3.63) is 34.9 Å². The van der Waals surface area contributed by atoms with E-state index in [1.165, 1.54) is 13.0 Å². The fraction of sp³-hybridized carbons (Fsp3) is 0.613. The quantitative estimate of drug-likeness (QED) is 0.270. The molecule has 3 fully saturated rings. The van der Waals surface area contributed by atoms with Crippen LogP contribution in [0.2, 0.25) is 0 Å². The molecule has 1 heterocycles. The molecule has 41 heavy (non-hydrogen) atoms. The van der Waals surface area contributed by atoms with Crippen LogP contribution < -0.4 is 4.74 Å². The van der Waals surface area contributed by atoms with Crippen LogP contribution in [0.5, 0.6) is 11.5 Å². The van der Waals surface area contributed by atoms with Crippen LogP contribution in [0.15, 0.2) is 18.2 Å². The molecule has 6 N–H and O–H groups in total. The third-order valence-electron chi connectivity index (χ3n) is 9.52. The lowest BCUT2D eigenvalue weighted by Gasteiger charge is -2.59. The first kappa shape index (κ1) is 29.7. The van der Waals surface area contributed by atoms with E-state index in [9.17, 15) is 40.2 Å². The lowest BCUT2D eigenvalue weighted by Crippen LogP contribution is -2.76. The lowest BCUT2D eigenvalue weighted by molar-refractivity contribution is -0.361. The number of aromatic hydroxyl groups is 1. The summed E-state index contributed by atoms with van der Waals surface area (Å²) in [5, 5.41) is 67.4. The average molecular weight is 573 g/mol. The number of aliphatic hydroxyl groups is 4. The molecular weight excluding hydrogens is 532 g/mol. The molecule has 2 saturated carbocycles. The van der Waals surface area contributed by atoms with Crippen LogP contribution in [-0.4, -0.2) is 78.2 Å². The van der Waals surface area contributed by atoms with Crippen molar-refractivity contribution in [1.29, 1.82) is 0 Å². The third-order valence-corrected chi connectivity index (χ3v) is 9.52. The van der Waals surface area contributed by atoms with Gasteiger partial charge in [0, 0.05) is 0 Å². The molecule has 10 nitrogen and oxygen atoms in total. The molecule has 1 aliphatic heterocycles. The van der Waals surface area contributed by atoms with Crippen LogP contribution in [0.1, 0.15) is 85.6 Å². The monoisotopic (exact) mass is 572 g/mol. The highest BCUT2D eigenvalue weighted by atomic mass is 16.7. The first-order valence-electron chi connectivity index (χ1n) is 14.4. The molecule has 0 amide bonds. The van der Waals surface area contributed by atoms with Gasteiger partial charge in [0.15, 0.2) is 5.78 Å². The molecule has 0 unspecified atom stereocenters. The summed E-state index contributed by atoms with van der Waals surface area (Å²) in [6, 6.07) is 4.03. The van der Waals surface area contributed by atoms with E-state index < -0.39 is 53.3 Å². The van der Waals surface area contributed by atoms with Crippen molar-refractivity contribution in [2.45, 2.75) is 102 Å². The molecule has 10 heteroatoms. The first-order valence-corrected chi connectivity index (χ1v) is 14.4.